The Kier molecular flexibility index (Phi) is 7.11. The minimum atomic E-state index is -1.08. The highest BCUT2D eigenvalue weighted by molar-refractivity contribution is 5.95. The Morgan fingerprint density at radius 2 is 2.00 bits per heavy atom. The van der Waals surface area contributed by atoms with E-state index in [4.69, 9.17) is 9.84 Å². The van der Waals surface area contributed by atoms with Gasteiger partial charge in [-0.1, -0.05) is 30.3 Å². The fourth-order valence-corrected chi connectivity index (χ4v) is 2.57. The van der Waals surface area contributed by atoms with Crippen molar-refractivity contribution in [3.8, 4) is 0 Å². The number of carboxylic acid groups (broad SMARTS) is 1. The molecule has 0 aliphatic carbocycles. The van der Waals surface area contributed by atoms with E-state index in [1.165, 1.54) is 17.2 Å². The maximum Gasteiger partial charge on any atom is 0.410 e. The number of fused-ring (bicyclic) bond motifs is 1. The fraction of sp³-hybridized carbons (Fsp3) is 0.158. The van der Waals surface area contributed by atoms with Gasteiger partial charge >= 0.3 is 12.1 Å². The van der Waals surface area contributed by atoms with E-state index in [0.717, 1.165) is 11.6 Å². The number of rotatable bonds is 4. The predicted octanol–water partition coefficient (Wildman–Crippen LogP) is 2.69. The molecule has 3 rings (SSSR count). The first-order chi connectivity index (χ1) is 13.0. The lowest BCUT2D eigenvalue weighted by Crippen LogP contribution is -2.35. The second kappa shape index (κ2) is 9.52. The molecular formula is C19H18ClN3O5. The van der Waals surface area contributed by atoms with Crippen LogP contribution in [0.3, 0.4) is 0 Å². The summed E-state index contributed by atoms with van der Waals surface area (Å²) < 4.78 is 5.29. The molecule has 0 atom stereocenters. The van der Waals surface area contributed by atoms with Crippen molar-refractivity contribution in [3.63, 3.8) is 0 Å². The molecule has 2 amide bonds. The maximum atomic E-state index is 12.4. The molecule has 2 heterocycles. The van der Waals surface area contributed by atoms with Crippen molar-refractivity contribution in [3.05, 3.63) is 65.4 Å². The van der Waals surface area contributed by atoms with E-state index < -0.39 is 12.1 Å². The molecule has 2 N–H and O–H groups in total. The minimum absolute atomic E-state index is 0. The zero-order valence-electron chi connectivity index (χ0n) is 14.7. The van der Waals surface area contributed by atoms with Gasteiger partial charge in [0.2, 0.25) is 5.91 Å². The number of nitrogens with zero attached hydrogens (tertiary/aromatic N) is 2. The first-order valence-electron chi connectivity index (χ1n) is 8.16. The third-order valence-electron chi connectivity index (χ3n) is 3.82. The Morgan fingerprint density at radius 1 is 1.25 bits per heavy atom. The van der Waals surface area contributed by atoms with Gasteiger partial charge in [0.1, 0.15) is 19.0 Å². The number of amides is 2. The number of aliphatic carboxylic acids is 1. The Labute approximate surface area is 167 Å². The van der Waals surface area contributed by atoms with Gasteiger partial charge in [-0.3, -0.25) is 9.69 Å². The molecule has 28 heavy (non-hydrogen) atoms. The van der Waals surface area contributed by atoms with Gasteiger partial charge in [-0.05, 0) is 23.3 Å². The van der Waals surface area contributed by atoms with Gasteiger partial charge in [-0.15, -0.1) is 12.4 Å². The van der Waals surface area contributed by atoms with Crippen molar-refractivity contribution < 1.29 is 24.2 Å². The van der Waals surface area contributed by atoms with Crippen LogP contribution in [0.1, 0.15) is 16.7 Å². The average Bonchev–Trinajstić information content (AvgIpc) is 2.83. The quantitative estimate of drug-likeness (QED) is 0.760. The summed E-state index contributed by atoms with van der Waals surface area (Å²) in [7, 11) is 0. The molecule has 146 valence electrons. The zero-order chi connectivity index (χ0) is 19.2. The molecule has 0 radical (unpaired) electrons. The highest BCUT2D eigenvalue weighted by Crippen LogP contribution is 2.21. The maximum absolute atomic E-state index is 12.4. The molecule has 9 heteroatoms. The highest BCUT2D eigenvalue weighted by Gasteiger charge is 2.25. The van der Waals surface area contributed by atoms with Gasteiger partial charge in [-0.2, -0.15) is 0 Å². The second-order valence-electron chi connectivity index (χ2n) is 5.89. The third kappa shape index (κ3) is 5.55. The smallest absolute Gasteiger partial charge is 0.410 e. The first-order valence-corrected chi connectivity index (χ1v) is 8.16. The number of pyridine rings is 1. The van der Waals surface area contributed by atoms with Gasteiger partial charge in [0.15, 0.2) is 0 Å². The number of carbonyl (C=O) groups is 3. The first kappa shape index (κ1) is 20.9. The summed E-state index contributed by atoms with van der Waals surface area (Å²) in [6, 6.07) is 10.9. The van der Waals surface area contributed by atoms with E-state index in [0.29, 0.717) is 16.9 Å². The number of benzene rings is 1. The number of hydrogen-bond acceptors (Lipinski definition) is 5. The highest BCUT2D eigenvalue weighted by atomic mass is 35.5. The largest absolute Gasteiger partial charge is 0.478 e. The van der Waals surface area contributed by atoms with Crippen LogP contribution in [-0.2, 0) is 27.5 Å². The standard InChI is InChI=1S/C19H17N3O5.ClH/c23-16-11-22(19(26)27-12-13-4-2-1-3-5-13)10-15-8-14(6-7-17(24)25)9-20-18(15)21-16;/h1-9H,10-12H2,(H,24,25)(H,20,21,23);1H. The van der Waals surface area contributed by atoms with Crippen LogP contribution in [0.4, 0.5) is 10.6 Å². The molecule has 1 aliphatic rings. The number of carbonyl (C=O) groups excluding carboxylic acids is 2. The van der Waals surface area contributed by atoms with Crippen molar-refractivity contribution in [2.45, 2.75) is 13.2 Å². The molecular weight excluding hydrogens is 386 g/mol. The van der Waals surface area contributed by atoms with Crippen LogP contribution in [0.25, 0.3) is 6.08 Å². The molecule has 0 saturated carbocycles. The lowest BCUT2D eigenvalue weighted by Gasteiger charge is -2.19. The Morgan fingerprint density at radius 3 is 2.71 bits per heavy atom. The van der Waals surface area contributed by atoms with Crippen LogP contribution < -0.4 is 5.32 Å². The molecule has 1 aromatic heterocycles. The zero-order valence-corrected chi connectivity index (χ0v) is 15.5. The number of aromatic nitrogens is 1. The number of hydrogen-bond donors (Lipinski definition) is 2. The van der Waals surface area contributed by atoms with E-state index in [-0.39, 0.29) is 38.0 Å². The topological polar surface area (TPSA) is 109 Å². The summed E-state index contributed by atoms with van der Waals surface area (Å²) >= 11 is 0. The summed E-state index contributed by atoms with van der Waals surface area (Å²) in [5.41, 5.74) is 1.98. The molecule has 1 aromatic carbocycles. The van der Waals surface area contributed by atoms with E-state index in [9.17, 15) is 14.4 Å². The van der Waals surface area contributed by atoms with Crippen LogP contribution in [0.5, 0.6) is 0 Å². The van der Waals surface area contributed by atoms with Crippen molar-refractivity contribution in [2.75, 3.05) is 11.9 Å². The van der Waals surface area contributed by atoms with Gasteiger partial charge in [0.05, 0.1) is 6.54 Å². The third-order valence-corrected chi connectivity index (χ3v) is 3.82. The average molecular weight is 404 g/mol. The monoisotopic (exact) mass is 403 g/mol. The van der Waals surface area contributed by atoms with Crippen LogP contribution in [0.2, 0.25) is 0 Å². The molecule has 8 nitrogen and oxygen atoms in total. The van der Waals surface area contributed by atoms with E-state index in [1.807, 2.05) is 30.3 Å². The number of halogens is 1. The number of nitrogens with one attached hydrogen (secondary N) is 1. The molecule has 0 bridgehead atoms. The summed E-state index contributed by atoms with van der Waals surface area (Å²) in [5, 5.41) is 11.4. The fourth-order valence-electron chi connectivity index (χ4n) is 2.57. The van der Waals surface area contributed by atoms with Crippen LogP contribution in [0.15, 0.2) is 48.7 Å². The van der Waals surface area contributed by atoms with Gasteiger partial charge in [0, 0.05) is 17.8 Å². The molecule has 0 saturated heterocycles. The molecule has 0 unspecified atom stereocenters. The SMILES string of the molecule is Cl.O=C(O)C=Cc1cnc2c(c1)CN(C(=O)OCc1ccccc1)CC(=O)N2. The number of ether oxygens (including phenoxy) is 1. The van der Waals surface area contributed by atoms with Crippen molar-refractivity contribution in [2.24, 2.45) is 0 Å². The molecule has 0 fully saturated rings. The minimum Gasteiger partial charge on any atom is -0.478 e. The Bertz CT molecular complexity index is 902. The summed E-state index contributed by atoms with van der Waals surface area (Å²) in [4.78, 5) is 40.5. The van der Waals surface area contributed by atoms with Crippen molar-refractivity contribution in [1.29, 1.82) is 0 Å². The van der Waals surface area contributed by atoms with E-state index >= 15 is 0 Å². The van der Waals surface area contributed by atoms with Gasteiger partial charge < -0.3 is 15.2 Å². The van der Waals surface area contributed by atoms with Crippen molar-refractivity contribution >= 4 is 42.3 Å². The lowest BCUT2D eigenvalue weighted by molar-refractivity contribution is -0.131. The Hall–Kier alpha value is -3.39. The van der Waals surface area contributed by atoms with Crippen LogP contribution in [-0.4, -0.2) is 39.5 Å². The summed E-state index contributed by atoms with van der Waals surface area (Å²) in [6.45, 7) is 0.0536. The number of anilines is 1. The van der Waals surface area contributed by atoms with Gasteiger partial charge in [-0.25, -0.2) is 14.6 Å². The number of carboxylic acids is 1. The molecule has 2 aromatic rings. The van der Waals surface area contributed by atoms with E-state index in [2.05, 4.69) is 10.3 Å². The lowest BCUT2D eigenvalue weighted by atomic mass is 10.1. The summed E-state index contributed by atoms with van der Waals surface area (Å²) in [6.07, 6.45) is 3.21. The second-order valence-corrected chi connectivity index (χ2v) is 5.89. The normalized spacial score (nSPS) is 13.1. The van der Waals surface area contributed by atoms with Crippen molar-refractivity contribution in [1.82, 2.24) is 9.88 Å². The molecule has 0 spiro atoms. The van der Waals surface area contributed by atoms with Crippen LogP contribution >= 0.6 is 12.4 Å². The van der Waals surface area contributed by atoms with E-state index in [1.54, 1.807) is 6.07 Å². The molecule has 1 aliphatic heterocycles. The Balaban J connectivity index is 0.00000280. The summed E-state index contributed by atoms with van der Waals surface area (Å²) in [5.74, 6) is -1.12. The predicted molar refractivity (Wildman–Crippen MR) is 104 cm³/mol. The van der Waals surface area contributed by atoms with Crippen LogP contribution in [0, 0.1) is 0 Å². The van der Waals surface area contributed by atoms with Gasteiger partial charge in [0.25, 0.3) is 0 Å².